The Morgan fingerprint density at radius 1 is 0.972 bits per heavy atom. The van der Waals surface area contributed by atoms with Gasteiger partial charge in [0.05, 0.1) is 12.2 Å². The first-order valence-electron chi connectivity index (χ1n) is 11.3. The summed E-state index contributed by atoms with van der Waals surface area (Å²) in [6, 6.07) is 19.4. The quantitative estimate of drug-likeness (QED) is 0.315. The molecule has 4 aromatic rings. The Morgan fingerprint density at radius 2 is 1.75 bits per heavy atom. The number of hydrogen-bond acceptors (Lipinski definition) is 4. The lowest BCUT2D eigenvalue weighted by Gasteiger charge is -2.26. The summed E-state index contributed by atoms with van der Waals surface area (Å²) in [6.45, 7) is 2.96. The van der Waals surface area contributed by atoms with Gasteiger partial charge in [0.1, 0.15) is 23.7 Å². The Hall–Kier alpha value is -4.72. The van der Waals surface area contributed by atoms with E-state index in [1.807, 2.05) is 66.2 Å². The van der Waals surface area contributed by atoms with Crippen molar-refractivity contribution in [1.29, 1.82) is 0 Å². The number of anilines is 1. The third kappa shape index (κ3) is 4.48. The number of amides is 4. The number of aromatic nitrogens is 1. The zero-order chi connectivity index (χ0) is 25.2. The van der Waals surface area contributed by atoms with Crippen molar-refractivity contribution in [1.82, 2.24) is 9.88 Å². The summed E-state index contributed by atoms with van der Waals surface area (Å²) in [5.41, 5.74) is 2.63. The van der Waals surface area contributed by atoms with Crippen LogP contribution >= 0.6 is 0 Å². The van der Waals surface area contributed by atoms with Crippen molar-refractivity contribution in [2.45, 2.75) is 13.5 Å². The molecule has 0 spiro atoms. The standard InChI is InChI=1S/C28H22FN3O4/c1-18-5-4-6-22(15-18)36-14-13-31-17-19(23-7-2-3-8-25(23)31)16-24-26(33)30-28(35)32(27(24)34)21-11-9-20(29)10-12-21/h2-12,15-17H,13-14H2,1H3,(H,30,33,35)/b24-16-. The van der Waals surface area contributed by atoms with E-state index < -0.39 is 23.7 Å². The van der Waals surface area contributed by atoms with Gasteiger partial charge in [0.2, 0.25) is 0 Å². The maximum absolute atomic E-state index is 13.3. The fraction of sp³-hybridized carbons (Fsp3) is 0.107. The molecule has 0 radical (unpaired) electrons. The lowest BCUT2D eigenvalue weighted by molar-refractivity contribution is -0.122. The van der Waals surface area contributed by atoms with E-state index >= 15 is 0 Å². The molecule has 4 amide bonds. The molecule has 1 aromatic heterocycles. The van der Waals surface area contributed by atoms with Gasteiger partial charge in [-0.25, -0.2) is 14.1 Å². The molecule has 8 heteroatoms. The maximum atomic E-state index is 13.3. The van der Waals surface area contributed by atoms with Gasteiger partial charge < -0.3 is 9.30 Å². The molecule has 3 aromatic carbocycles. The van der Waals surface area contributed by atoms with E-state index in [1.165, 1.54) is 18.2 Å². The average Bonchev–Trinajstić information content (AvgIpc) is 3.20. The molecule has 1 aliphatic heterocycles. The highest BCUT2D eigenvalue weighted by atomic mass is 19.1. The molecule has 36 heavy (non-hydrogen) atoms. The van der Waals surface area contributed by atoms with E-state index in [4.69, 9.17) is 4.74 Å². The van der Waals surface area contributed by atoms with E-state index in [-0.39, 0.29) is 11.3 Å². The second-order valence-corrected chi connectivity index (χ2v) is 8.39. The summed E-state index contributed by atoms with van der Waals surface area (Å²) in [5, 5.41) is 3.03. The first-order chi connectivity index (χ1) is 17.4. The van der Waals surface area contributed by atoms with Gasteiger partial charge >= 0.3 is 6.03 Å². The van der Waals surface area contributed by atoms with Gasteiger partial charge in [0.25, 0.3) is 11.8 Å². The monoisotopic (exact) mass is 483 g/mol. The number of benzene rings is 3. The molecular weight excluding hydrogens is 461 g/mol. The van der Waals surface area contributed by atoms with Gasteiger partial charge in [0.15, 0.2) is 0 Å². The molecule has 0 atom stereocenters. The topological polar surface area (TPSA) is 80.6 Å². The first-order valence-corrected chi connectivity index (χ1v) is 11.3. The Balaban J connectivity index is 1.45. The molecule has 0 bridgehead atoms. The smallest absolute Gasteiger partial charge is 0.335 e. The molecule has 1 fully saturated rings. The van der Waals surface area contributed by atoms with Crippen LogP contribution in [0.2, 0.25) is 0 Å². The van der Waals surface area contributed by atoms with Crippen LogP contribution in [0.15, 0.2) is 84.6 Å². The number of para-hydroxylation sites is 1. The normalized spacial score (nSPS) is 15.0. The number of rotatable bonds is 6. The minimum absolute atomic E-state index is 0.160. The number of barbiturate groups is 1. The highest BCUT2D eigenvalue weighted by Crippen LogP contribution is 2.27. The van der Waals surface area contributed by atoms with Crippen LogP contribution in [-0.4, -0.2) is 29.0 Å². The van der Waals surface area contributed by atoms with Crippen LogP contribution < -0.4 is 15.0 Å². The summed E-state index contributed by atoms with van der Waals surface area (Å²) >= 11 is 0. The van der Waals surface area contributed by atoms with Crippen molar-refractivity contribution in [3.63, 3.8) is 0 Å². The lowest BCUT2D eigenvalue weighted by atomic mass is 10.1. The fourth-order valence-electron chi connectivity index (χ4n) is 4.18. The molecule has 5 rings (SSSR count). The summed E-state index contributed by atoms with van der Waals surface area (Å²) in [5.74, 6) is -1.29. The van der Waals surface area contributed by atoms with Crippen LogP contribution in [0.25, 0.3) is 17.0 Å². The van der Waals surface area contributed by atoms with Crippen molar-refractivity contribution < 1.29 is 23.5 Å². The van der Waals surface area contributed by atoms with E-state index in [9.17, 15) is 18.8 Å². The highest BCUT2D eigenvalue weighted by Gasteiger charge is 2.37. The van der Waals surface area contributed by atoms with E-state index in [0.29, 0.717) is 18.7 Å². The van der Waals surface area contributed by atoms with Crippen molar-refractivity contribution in [2.75, 3.05) is 11.5 Å². The number of hydrogen-bond donors (Lipinski definition) is 1. The predicted octanol–water partition coefficient (Wildman–Crippen LogP) is 4.83. The van der Waals surface area contributed by atoms with Gasteiger partial charge in [-0.3, -0.25) is 14.9 Å². The molecule has 0 saturated carbocycles. The van der Waals surface area contributed by atoms with Gasteiger partial charge in [-0.1, -0.05) is 30.3 Å². The van der Waals surface area contributed by atoms with Crippen LogP contribution in [-0.2, 0) is 16.1 Å². The molecule has 1 saturated heterocycles. The van der Waals surface area contributed by atoms with Gasteiger partial charge in [-0.05, 0) is 61.0 Å². The summed E-state index contributed by atoms with van der Waals surface area (Å²) in [4.78, 5) is 39.0. The molecule has 7 nitrogen and oxygen atoms in total. The summed E-state index contributed by atoms with van der Waals surface area (Å²) in [6.07, 6.45) is 3.32. The van der Waals surface area contributed by atoms with Crippen molar-refractivity contribution in [3.05, 3.63) is 102 Å². The number of halogens is 1. The summed E-state index contributed by atoms with van der Waals surface area (Å²) < 4.78 is 21.2. The third-order valence-electron chi connectivity index (χ3n) is 5.90. The van der Waals surface area contributed by atoms with E-state index in [0.717, 1.165) is 39.2 Å². The molecule has 1 aliphatic rings. The average molecular weight is 483 g/mol. The maximum Gasteiger partial charge on any atom is 0.335 e. The molecule has 180 valence electrons. The van der Waals surface area contributed by atoms with Gasteiger partial charge in [-0.2, -0.15) is 0 Å². The Bertz CT molecular complexity index is 1520. The van der Waals surface area contributed by atoms with Crippen LogP contribution in [0.3, 0.4) is 0 Å². The molecule has 0 unspecified atom stereocenters. The fourth-order valence-corrected chi connectivity index (χ4v) is 4.18. The molecular formula is C28H22FN3O4. The number of nitrogens with one attached hydrogen (secondary N) is 1. The zero-order valence-electron chi connectivity index (χ0n) is 19.4. The number of imide groups is 2. The highest BCUT2D eigenvalue weighted by molar-refractivity contribution is 6.39. The molecule has 0 aliphatic carbocycles. The van der Waals surface area contributed by atoms with Crippen molar-refractivity contribution >= 4 is 40.5 Å². The number of nitrogens with zero attached hydrogens (tertiary/aromatic N) is 2. The number of carbonyl (C=O) groups is 3. The Kier molecular flexibility index (Phi) is 6.08. The molecule has 1 N–H and O–H groups in total. The van der Waals surface area contributed by atoms with Crippen LogP contribution in [0.5, 0.6) is 5.75 Å². The van der Waals surface area contributed by atoms with E-state index in [2.05, 4.69) is 5.32 Å². The Labute approximate surface area is 206 Å². The SMILES string of the molecule is Cc1cccc(OCCn2cc(/C=C3/C(=O)NC(=O)N(c4ccc(F)cc4)C3=O)c3ccccc32)c1. The predicted molar refractivity (Wildman–Crippen MR) is 134 cm³/mol. The number of urea groups is 1. The van der Waals surface area contributed by atoms with Crippen LogP contribution in [0.4, 0.5) is 14.9 Å². The minimum Gasteiger partial charge on any atom is -0.492 e. The van der Waals surface area contributed by atoms with Crippen LogP contribution in [0.1, 0.15) is 11.1 Å². The molecule has 2 heterocycles. The number of fused-ring (bicyclic) bond motifs is 1. The van der Waals surface area contributed by atoms with Crippen molar-refractivity contribution in [2.24, 2.45) is 0 Å². The zero-order valence-corrected chi connectivity index (χ0v) is 19.4. The van der Waals surface area contributed by atoms with Crippen molar-refractivity contribution in [3.8, 4) is 5.75 Å². The Morgan fingerprint density at radius 3 is 2.53 bits per heavy atom. The second-order valence-electron chi connectivity index (χ2n) is 8.39. The second kappa shape index (κ2) is 9.50. The van der Waals surface area contributed by atoms with E-state index in [1.54, 1.807) is 0 Å². The minimum atomic E-state index is -0.885. The van der Waals surface area contributed by atoms with Gasteiger partial charge in [0, 0.05) is 22.7 Å². The number of carbonyl (C=O) groups excluding carboxylic acids is 3. The van der Waals surface area contributed by atoms with Gasteiger partial charge in [-0.15, -0.1) is 0 Å². The number of aryl methyl sites for hydroxylation is 1. The van der Waals surface area contributed by atoms with Crippen LogP contribution in [0, 0.1) is 12.7 Å². The number of ether oxygens (including phenoxy) is 1. The third-order valence-corrected chi connectivity index (χ3v) is 5.90. The first kappa shape index (κ1) is 23.0. The lowest BCUT2D eigenvalue weighted by Crippen LogP contribution is -2.54. The largest absolute Gasteiger partial charge is 0.492 e. The summed E-state index contributed by atoms with van der Waals surface area (Å²) in [7, 11) is 0.